The Morgan fingerprint density at radius 3 is 2.64 bits per heavy atom. The van der Waals surface area contributed by atoms with Crippen molar-refractivity contribution in [2.24, 2.45) is 5.92 Å². The molecule has 2 fully saturated rings. The minimum Gasteiger partial charge on any atom is -0.335 e. The van der Waals surface area contributed by atoms with Crippen LogP contribution in [0.3, 0.4) is 0 Å². The highest BCUT2D eigenvalue weighted by atomic mass is 35.5. The molecular formula is C18H25ClN2O. The largest absolute Gasteiger partial charge is 0.335 e. The number of benzene rings is 1. The Hall–Kier alpha value is -1.06. The standard InChI is InChI=1S/C18H25ClN2O/c19-17-10-4-1-6-15(17)13-21(16-8-2-3-9-16)18(22)14-7-5-11-20-12-14/h1,4,6,10,14,16,20H,2-3,5,7-9,11-13H2. The molecule has 3 nitrogen and oxygen atoms in total. The lowest BCUT2D eigenvalue weighted by Crippen LogP contribution is -2.46. The summed E-state index contributed by atoms with van der Waals surface area (Å²) in [5.41, 5.74) is 1.06. The number of hydrogen-bond donors (Lipinski definition) is 1. The number of nitrogens with one attached hydrogen (secondary N) is 1. The van der Waals surface area contributed by atoms with E-state index >= 15 is 0 Å². The minimum absolute atomic E-state index is 0.136. The summed E-state index contributed by atoms with van der Waals surface area (Å²) >= 11 is 6.32. The van der Waals surface area contributed by atoms with Gasteiger partial charge in [0.1, 0.15) is 0 Å². The van der Waals surface area contributed by atoms with E-state index < -0.39 is 0 Å². The number of piperidine rings is 1. The third-order valence-electron chi connectivity index (χ3n) is 4.99. The zero-order chi connectivity index (χ0) is 15.4. The van der Waals surface area contributed by atoms with Crippen molar-refractivity contribution in [3.63, 3.8) is 0 Å². The normalized spacial score (nSPS) is 22.7. The fourth-order valence-electron chi connectivity index (χ4n) is 3.71. The van der Waals surface area contributed by atoms with Crippen LogP contribution in [0.4, 0.5) is 0 Å². The summed E-state index contributed by atoms with van der Waals surface area (Å²) in [6, 6.07) is 8.29. The van der Waals surface area contributed by atoms with Crippen LogP contribution in [0.15, 0.2) is 24.3 Å². The molecule has 1 N–H and O–H groups in total. The lowest BCUT2D eigenvalue weighted by atomic mass is 9.96. The van der Waals surface area contributed by atoms with Gasteiger partial charge in [0.25, 0.3) is 0 Å². The van der Waals surface area contributed by atoms with Gasteiger partial charge in [-0.15, -0.1) is 0 Å². The van der Waals surface area contributed by atoms with E-state index in [9.17, 15) is 4.79 Å². The van der Waals surface area contributed by atoms with Crippen molar-refractivity contribution in [1.82, 2.24) is 10.2 Å². The molecule has 1 aliphatic heterocycles. The minimum atomic E-state index is 0.136. The van der Waals surface area contributed by atoms with Gasteiger partial charge in [-0.25, -0.2) is 0 Å². The van der Waals surface area contributed by atoms with Gasteiger partial charge < -0.3 is 10.2 Å². The lowest BCUT2D eigenvalue weighted by molar-refractivity contribution is -0.139. The van der Waals surface area contributed by atoms with Crippen LogP contribution in [0.1, 0.15) is 44.1 Å². The average Bonchev–Trinajstić information content (AvgIpc) is 3.08. The van der Waals surface area contributed by atoms with E-state index in [0.717, 1.165) is 49.4 Å². The van der Waals surface area contributed by atoms with Crippen LogP contribution in [0.5, 0.6) is 0 Å². The van der Waals surface area contributed by atoms with Gasteiger partial charge in [0.05, 0.1) is 5.92 Å². The third-order valence-corrected chi connectivity index (χ3v) is 5.36. The SMILES string of the molecule is O=C(C1CCCNC1)N(Cc1ccccc1Cl)C1CCCC1. The summed E-state index contributed by atoms with van der Waals surface area (Å²) in [5.74, 6) is 0.454. The van der Waals surface area contributed by atoms with E-state index in [1.165, 1.54) is 12.8 Å². The summed E-state index contributed by atoms with van der Waals surface area (Å²) in [4.78, 5) is 15.2. The smallest absolute Gasteiger partial charge is 0.227 e. The van der Waals surface area contributed by atoms with E-state index in [2.05, 4.69) is 10.2 Å². The summed E-state index contributed by atoms with van der Waals surface area (Å²) < 4.78 is 0. The molecule has 1 atom stereocenters. The van der Waals surface area contributed by atoms with E-state index in [-0.39, 0.29) is 5.92 Å². The summed E-state index contributed by atoms with van der Waals surface area (Å²) in [6.07, 6.45) is 6.85. The summed E-state index contributed by atoms with van der Waals surface area (Å²) in [7, 11) is 0. The van der Waals surface area contributed by atoms with Crippen LogP contribution in [0, 0.1) is 5.92 Å². The number of amides is 1. The Kier molecular flexibility index (Phi) is 5.37. The Morgan fingerprint density at radius 1 is 1.18 bits per heavy atom. The van der Waals surface area contributed by atoms with Gasteiger partial charge in [0.15, 0.2) is 0 Å². The van der Waals surface area contributed by atoms with Crippen molar-refractivity contribution >= 4 is 17.5 Å². The maximum atomic E-state index is 13.0. The van der Waals surface area contributed by atoms with E-state index in [1.807, 2.05) is 24.3 Å². The Balaban J connectivity index is 1.77. The Labute approximate surface area is 138 Å². The highest BCUT2D eigenvalue weighted by molar-refractivity contribution is 6.31. The molecular weight excluding hydrogens is 296 g/mol. The Morgan fingerprint density at radius 2 is 1.95 bits per heavy atom. The maximum absolute atomic E-state index is 13.0. The highest BCUT2D eigenvalue weighted by Crippen LogP contribution is 2.29. The van der Waals surface area contributed by atoms with E-state index in [1.54, 1.807) is 0 Å². The second-order valence-electron chi connectivity index (χ2n) is 6.54. The molecule has 3 rings (SSSR count). The molecule has 4 heteroatoms. The van der Waals surface area contributed by atoms with Crippen molar-refractivity contribution in [2.45, 2.75) is 51.1 Å². The number of nitrogens with zero attached hydrogens (tertiary/aromatic N) is 1. The number of carbonyl (C=O) groups is 1. The zero-order valence-corrected chi connectivity index (χ0v) is 13.8. The van der Waals surface area contributed by atoms with Crippen molar-refractivity contribution in [3.8, 4) is 0 Å². The van der Waals surface area contributed by atoms with Crippen molar-refractivity contribution in [2.75, 3.05) is 13.1 Å². The maximum Gasteiger partial charge on any atom is 0.227 e. The molecule has 0 spiro atoms. The topological polar surface area (TPSA) is 32.3 Å². The summed E-state index contributed by atoms with van der Waals surface area (Å²) in [5, 5.41) is 4.13. The quantitative estimate of drug-likeness (QED) is 0.919. The van der Waals surface area contributed by atoms with Gasteiger partial charge in [0, 0.05) is 24.2 Å². The number of halogens is 1. The first-order valence-electron chi connectivity index (χ1n) is 8.50. The molecule has 1 aromatic carbocycles. The number of hydrogen-bond acceptors (Lipinski definition) is 2. The average molecular weight is 321 g/mol. The fraction of sp³-hybridized carbons (Fsp3) is 0.611. The van der Waals surface area contributed by atoms with Gasteiger partial charge >= 0.3 is 0 Å². The van der Waals surface area contributed by atoms with Gasteiger partial charge in [0.2, 0.25) is 5.91 Å². The molecule has 1 aromatic rings. The first kappa shape index (κ1) is 15.8. The predicted molar refractivity (Wildman–Crippen MR) is 89.9 cm³/mol. The molecule has 1 saturated carbocycles. The molecule has 22 heavy (non-hydrogen) atoms. The molecule has 1 aliphatic carbocycles. The molecule has 0 bridgehead atoms. The van der Waals surface area contributed by atoms with Gasteiger partial charge in [-0.2, -0.15) is 0 Å². The predicted octanol–water partition coefficient (Wildman–Crippen LogP) is 3.61. The van der Waals surface area contributed by atoms with Crippen LogP contribution in [-0.2, 0) is 11.3 Å². The molecule has 1 heterocycles. The van der Waals surface area contributed by atoms with Crippen LogP contribution in [0.25, 0.3) is 0 Å². The highest BCUT2D eigenvalue weighted by Gasteiger charge is 2.32. The van der Waals surface area contributed by atoms with Gasteiger partial charge in [-0.1, -0.05) is 42.6 Å². The van der Waals surface area contributed by atoms with Crippen molar-refractivity contribution < 1.29 is 4.79 Å². The van der Waals surface area contributed by atoms with Gasteiger partial charge in [-0.3, -0.25) is 4.79 Å². The monoisotopic (exact) mass is 320 g/mol. The first-order valence-corrected chi connectivity index (χ1v) is 8.88. The van der Waals surface area contributed by atoms with Crippen LogP contribution >= 0.6 is 11.6 Å². The molecule has 0 radical (unpaired) electrons. The summed E-state index contributed by atoms with van der Waals surface area (Å²) in [6.45, 7) is 2.52. The second kappa shape index (κ2) is 7.47. The number of rotatable bonds is 4. The van der Waals surface area contributed by atoms with Crippen molar-refractivity contribution in [1.29, 1.82) is 0 Å². The van der Waals surface area contributed by atoms with Crippen LogP contribution in [-0.4, -0.2) is 29.9 Å². The molecule has 1 amide bonds. The molecule has 120 valence electrons. The van der Waals surface area contributed by atoms with Crippen LogP contribution < -0.4 is 5.32 Å². The van der Waals surface area contributed by atoms with E-state index in [4.69, 9.17) is 11.6 Å². The van der Waals surface area contributed by atoms with Crippen molar-refractivity contribution in [3.05, 3.63) is 34.9 Å². The van der Waals surface area contributed by atoms with Gasteiger partial charge in [-0.05, 0) is 43.9 Å². The molecule has 1 unspecified atom stereocenters. The van der Waals surface area contributed by atoms with E-state index in [0.29, 0.717) is 18.5 Å². The number of carbonyl (C=O) groups excluding carboxylic acids is 1. The zero-order valence-electron chi connectivity index (χ0n) is 13.1. The third kappa shape index (κ3) is 3.64. The Bertz CT molecular complexity index is 508. The fourth-order valence-corrected chi connectivity index (χ4v) is 3.91. The lowest BCUT2D eigenvalue weighted by Gasteiger charge is -2.34. The molecule has 2 aliphatic rings. The second-order valence-corrected chi connectivity index (χ2v) is 6.95. The molecule has 1 saturated heterocycles. The molecule has 0 aromatic heterocycles. The first-order chi connectivity index (χ1) is 10.8. The van der Waals surface area contributed by atoms with Crippen LogP contribution in [0.2, 0.25) is 5.02 Å².